The fraction of sp³-hybridized carbons (Fsp3) is 0.545. The second kappa shape index (κ2) is 5.03. The van der Waals surface area contributed by atoms with Crippen LogP contribution in [0.4, 0.5) is 17.3 Å². The standard InChI is InChI=1S/C11H18N4O/c12-9-4-5-10(15-11(9)13)14-7-8-3-1-2-6-16-8/h4-5,8H,1-3,6-7,12H2,(H3,13,14,15). The highest BCUT2D eigenvalue weighted by Gasteiger charge is 2.13. The SMILES string of the molecule is Nc1ccc(NCC2CCCCO2)nc1N. The molecule has 88 valence electrons. The summed E-state index contributed by atoms with van der Waals surface area (Å²) in [5, 5.41) is 3.21. The van der Waals surface area contributed by atoms with Crippen molar-refractivity contribution >= 4 is 17.3 Å². The van der Waals surface area contributed by atoms with Crippen molar-refractivity contribution in [2.45, 2.75) is 25.4 Å². The fourth-order valence-corrected chi connectivity index (χ4v) is 1.77. The predicted molar refractivity (Wildman–Crippen MR) is 65.1 cm³/mol. The smallest absolute Gasteiger partial charge is 0.149 e. The topological polar surface area (TPSA) is 86.2 Å². The van der Waals surface area contributed by atoms with E-state index in [4.69, 9.17) is 16.2 Å². The van der Waals surface area contributed by atoms with Crippen molar-refractivity contribution in [2.75, 3.05) is 29.9 Å². The molecular weight excluding hydrogens is 204 g/mol. The molecule has 0 radical (unpaired) electrons. The van der Waals surface area contributed by atoms with Crippen molar-refractivity contribution in [3.63, 3.8) is 0 Å². The van der Waals surface area contributed by atoms with Gasteiger partial charge in [0, 0.05) is 13.2 Å². The van der Waals surface area contributed by atoms with Gasteiger partial charge in [-0.05, 0) is 31.4 Å². The molecule has 1 atom stereocenters. The van der Waals surface area contributed by atoms with Crippen LogP contribution >= 0.6 is 0 Å². The minimum atomic E-state index is 0.286. The first kappa shape index (κ1) is 11.0. The van der Waals surface area contributed by atoms with Gasteiger partial charge in [0.25, 0.3) is 0 Å². The molecule has 1 aliphatic rings. The summed E-state index contributed by atoms with van der Waals surface area (Å²) in [6.07, 6.45) is 3.80. The first-order chi connectivity index (χ1) is 7.75. The summed E-state index contributed by atoms with van der Waals surface area (Å²) in [6, 6.07) is 3.58. The molecule has 0 spiro atoms. The van der Waals surface area contributed by atoms with Gasteiger partial charge in [-0.3, -0.25) is 0 Å². The van der Waals surface area contributed by atoms with Gasteiger partial charge in [0.2, 0.25) is 0 Å². The maximum absolute atomic E-state index is 5.62. The number of pyridine rings is 1. The van der Waals surface area contributed by atoms with Gasteiger partial charge < -0.3 is 21.5 Å². The van der Waals surface area contributed by atoms with Gasteiger partial charge in [-0.15, -0.1) is 0 Å². The van der Waals surface area contributed by atoms with E-state index in [1.54, 1.807) is 6.07 Å². The summed E-state index contributed by atoms with van der Waals surface area (Å²) in [6.45, 7) is 1.64. The Labute approximate surface area is 95.2 Å². The van der Waals surface area contributed by atoms with Gasteiger partial charge >= 0.3 is 0 Å². The zero-order chi connectivity index (χ0) is 11.4. The van der Waals surface area contributed by atoms with E-state index in [9.17, 15) is 0 Å². The van der Waals surface area contributed by atoms with Crippen LogP contribution in [0.15, 0.2) is 12.1 Å². The van der Waals surface area contributed by atoms with Gasteiger partial charge in [-0.25, -0.2) is 4.98 Å². The molecule has 1 aromatic rings. The molecule has 5 nitrogen and oxygen atoms in total. The van der Waals surface area contributed by atoms with E-state index < -0.39 is 0 Å². The van der Waals surface area contributed by atoms with Crippen LogP contribution in [0.2, 0.25) is 0 Å². The molecule has 0 bridgehead atoms. The van der Waals surface area contributed by atoms with Crippen molar-refractivity contribution in [1.82, 2.24) is 4.98 Å². The van der Waals surface area contributed by atoms with E-state index in [-0.39, 0.29) is 6.10 Å². The Hall–Kier alpha value is -1.49. The normalized spacial score (nSPS) is 20.6. The molecule has 2 rings (SSSR count). The van der Waals surface area contributed by atoms with E-state index in [0.717, 1.165) is 25.4 Å². The quantitative estimate of drug-likeness (QED) is 0.716. The number of nitrogens with two attached hydrogens (primary N) is 2. The average molecular weight is 222 g/mol. The Kier molecular flexibility index (Phi) is 3.46. The summed E-state index contributed by atoms with van der Waals surface area (Å²) in [5.74, 6) is 1.12. The van der Waals surface area contributed by atoms with Gasteiger partial charge in [-0.1, -0.05) is 0 Å². The molecule has 1 saturated heterocycles. The number of ether oxygens (including phenoxy) is 1. The molecule has 1 fully saturated rings. The monoisotopic (exact) mass is 222 g/mol. The Morgan fingerprint density at radius 3 is 2.94 bits per heavy atom. The molecular formula is C11H18N4O. The number of rotatable bonds is 3. The Morgan fingerprint density at radius 1 is 1.38 bits per heavy atom. The van der Waals surface area contributed by atoms with E-state index in [1.807, 2.05) is 6.07 Å². The predicted octanol–water partition coefficient (Wildman–Crippen LogP) is 1.23. The highest BCUT2D eigenvalue weighted by atomic mass is 16.5. The summed E-state index contributed by atoms with van der Waals surface area (Å²) in [4.78, 5) is 4.14. The molecule has 1 unspecified atom stereocenters. The van der Waals surface area contributed by atoms with Crippen LogP contribution in [0.5, 0.6) is 0 Å². The Morgan fingerprint density at radius 2 is 2.25 bits per heavy atom. The minimum Gasteiger partial charge on any atom is -0.396 e. The molecule has 5 N–H and O–H groups in total. The largest absolute Gasteiger partial charge is 0.396 e. The summed E-state index contributed by atoms with van der Waals surface area (Å²) >= 11 is 0. The van der Waals surface area contributed by atoms with Gasteiger partial charge in [-0.2, -0.15) is 0 Å². The lowest BCUT2D eigenvalue weighted by atomic mass is 10.1. The number of hydrogen-bond acceptors (Lipinski definition) is 5. The maximum atomic E-state index is 5.62. The maximum Gasteiger partial charge on any atom is 0.149 e. The highest BCUT2D eigenvalue weighted by Crippen LogP contribution is 2.16. The van der Waals surface area contributed by atoms with Crippen molar-refractivity contribution in [2.24, 2.45) is 0 Å². The Balaban J connectivity index is 1.86. The van der Waals surface area contributed by atoms with Crippen LogP contribution in [0, 0.1) is 0 Å². The minimum absolute atomic E-state index is 0.286. The highest BCUT2D eigenvalue weighted by molar-refractivity contribution is 5.61. The zero-order valence-corrected chi connectivity index (χ0v) is 9.28. The van der Waals surface area contributed by atoms with E-state index in [1.165, 1.54) is 12.8 Å². The third-order valence-corrected chi connectivity index (χ3v) is 2.74. The summed E-state index contributed by atoms with van der Waals surface area (Å²) < 4.78 is 5.61. The first-order valence-electron chi connectivity index (χ1n) is 5.63. The summed E-state index contributed by atoms with van der Waals surface area (Å²) in [5.41, 5.74) is 11.7. The molecule has 0 saturated carbocycles. The number of hydrogen-bond donors (Lipinski definition) is 3. The van der Waals surface area contributed by atoms with E-state index in [0.29, 0.717) is 11.5 Å². The number of nitrogen functional groups attached to an aromatic ring is 2. The number of nitrogens with zero attached hydrogens (tertiary/aromatic N) is 1. The molecule has 1 aliphatic heterocycles. The van der Waals surface area contributed by atoms with Crippen molar-refractivity contribution in [3.05, 3.63) is 12.1 Å². The number of anilines is 3. The second-order valence-electron chi connectivity index (χ2n) is 4.04. The van der Waals surface area contributed by atoms with Crippen LogP contribution in [0.3, 0.4) is 0 Å². The lowest BCUT2D eigenvalue weighted by Gasteiger charge is -2.23. The third-order valence-electron chi connectivity index (χ3n) is 2.74. The van der Waals surface area contributed by atoms with Crippen LogP contribution in [0.1, 0.15) is 19.3 Å². The van der Waals surface area contributed by atoms with Crippen LogP contribution in [-0.2, 0) is 4.74 Å². The molecule has 0 amide bonds. The molecule has 0 aromatic carbocycles. The van der Waals surface area contributed by atoms with Crippen molar-refractivity contribution in [1.29, 1.82) is 0 Å². The summed E-state index contributed by atoms with van der Waals surface area (Å²) in [7, 11) is 0. The van der Waals surface area contributed by atoms with E-state index in [2.05, 4.69) is 10.3 Å². The van der Waals surface area contributed by atoms with Gasteiger partial charge in [0.1, 0.15) is 11.6 Å². The lowest BCUT2D eigenvalue weighted by Crippen LogP contribution is -2.27. The molecule has 16 heavy (non-hydrogen) atoms. The van der Waals surface area contributed by atoms with Gasteiger partial charge in [0.15, 0.2) is 0 Å². The fourth-order valence-electron chi connectivity index (χ4n) is 1.77. The number of aromatic nitrogens is 1. The molecule has 5 heteroatoms. The van der Waals surface area contributed by atoms with Crippen LogP contribution < -0.4 is 16.8 Å². The number of nitrogens with one attached hydrogen (secondary N) is 1. The lowest BCUT2D eigenvalue weighted by molar-refractivity contribution is 0.0247. The van der Waals surface area contributed by atoms with Crippen molar-refractivity contribution < 1.29 is 4.74 Å². The second-order valence-corrected chi connectivity index (χ2v) is 4.04. The van der Waals surface area contributed by atoms with E-state index >= 15 is 0 Å². The Bertz CT molecular complexity index is 350. The molecule has 0 aliphatic carbocycles. The molecule has 1 aromatic heterocycles. The van der Waals surface area contributed by atoms with Gasteiger partial charge in [0.05, 0.1) is 11.8 Å². The third kappa shape index (κ3) is 2.76. The van der Waals surface area contributed by atoms with Crippen LogP contribution in [0.25, 0.3) is 0 Å². The molecule has 2 heterocycles. The first-order valence-corrected chi connectivity index (χ1v) is 5.63. The average Bonchev–Trinajstić information content (AvgIpc) is 2.32. The van der Waals surface area contributed by atoms with Crippen molar-refractivity contribution in [3.8, 4) is 0 Å². The zero-order valence-electron chi connectivity index (χ0n) is 9.28. The van der Waals surface area contributed by atoms with Crippen LogP contribution in [-0.4, -0.2) is 24.2 Å².